The van der Waals surface area contributed by atoms with Crippen molar-refractivity contribution in [2.45, 2.75) is 19.4 Å². The second-order valence-electron chi connectivity index (χ2n) is 6.90. The van der Waals surface area contributed by atoms with Gasteiger partial charge in [0.05, 0.1) is 6.26 Å². The molecule has 2 heterocycles. The maximum atomic E-state index is 12.9. The van der Waals surface area contributed by atoms with Gasteiger partial charge in [-0.3, -0.25) is 9.59 Å². The van der Waals surface area contributed by atoms with Gasteiger partial charge in [0.15, 0.2) is 5.76 Å². The minimum atomic E-state index is -1.19. The number of aromatic nitrogens is 2. The Labute approximate surface area is 157 Å². The lowest BCUT2D eigenvalue weighted by molar-refractivity contribution is -0.123. The van der Waals surface area contributed by atoms with Gasteiger partial charge < -0.3 is 14.6 Å². The summed E-state index contributed by atoms with van der Waals surface area (Å²) in [5.41, 5.74) is 0.592. The number of benzene rings is 1. The van der Waals surface area contributed by atoms with E-state index < -0.39 is 5.54 Å². The fourth-order valence-corrected chi connectivity index (χ4v) is 2.59. The number of carbonyl (C=O) groups is 1. The van der Waals surface area contributed by atoms with Gasteiger partial charge in [0.1, 0.15) is 11.2 Å². The third-order valence-electron chi connectivity index (χ3n) is 4.30. The van der Waals surface area contributed by atoms with E-state index in [9.17, 15) is 9.59 Å². The summed E-state index contributed by atoms with van der Waals surface area (Å²) in [7, 11) is 3.89. The molecule has 0 aliphatic heterocycles. The Morgan fingerprint density at radius 1 is 1.11 bits per heavy atom. The summed E-state index contributed by atoms with van der Waals surface area (Å²) < 4.78 is 6.51. The Kier molecular flexibility index (Phi) is 4.85. The van der Waals surface area contributed by atoms with E-state index in [1.807, 2.05) is 43.3 Å². The van der Waals surface area contributed by atoms with E-state index >= 15 is 0 Å². The summed E-state index contributed by atoms with van der Waals surface area (Å²) in [4.78, 5) is 27.2. The molecule has 1 aromatic carbocycles. The van der Waals surface area contributed by atoms with Gasteiger partial charge in [-0.05, 0) is 56.3 Å². The monoisotopic (exact) mass is 366 g/mol. The van der Waals surface area contributed by atoms with Gasteiger partial charge in [-0.2, -0.15) is 5.10 Å². The highest BCUT2D eigenvalue weighted by atomic mass is 16.3. The molecule has 0 aliphatic carbocycles. The third-order valence-corrected chi connectivity index (χ3v) is 4.30. The first-order chi connectivity index (χ1) is 12.8. The van der Waals surface area contributed by atoms with Gasteiger partial charge in [-0.25, -0.2) is 4.68 Å². The number of hydrogen-bond donors (Lipinski definition) is 1. The Morgan fingerprint density at radius 2 is 1.81 bits per heavy atom. The molecule has 0 saturated carbocycles. The van der Waals surface area contributed by atoms with Crippen LogP contribution >= 0.6 is 0 Å². The standard InChI is InChI=1S/C20H22N4O3/c1-20(2,19(26)21-14-7-9-15(10-8-14)23(3)4)24-18(25)12-11-16(22-24)17-6-5-13-27-17/h5-13H,1-4H3,(H,21,26). The van der Waals surface area contributed by atoms with E-state index in [2.05, 4.69) is 10.4 Å². The first kappa shape index (κ1) is 18.4. The summed E-state index contributed by atoms with van der Waals surface area (Å²) in [6.45, 7) is 3.30. The van der Waals surface area contributed by atoms with Crippen molar-refractivity contribution in [3.05, 3.63) is 65.1 Å². The summed E-state index contributed by atoms with van der Waals surface area (Å²) >= 11 is 0. The van der Waals surface area contributed by atoms with Crippen LogP contribution in [-0.2, 0) is 10.3 Å². The lowest BCUT2D eigenvalue weighted by Crippen LogP contribution is -2.47. The molecule has 0 radical (unpaired) electrons. The molecule has 0 unspecified atom stereocenters. The topological polar surface area (TPSA) is 80.4 Å². The molecule has 3 rings (SSSR count). The van der Waals surface area contributed by atoms with Crippen molar-refractivity contribution in [2.24, 2.45) is 0 Å². The first-order valence-corrected chi connectivity index (χ1v) is 8.52. The van der Waals surface area contributed by atoms with Crippen LogP contribution in [-0.4, -0.2) is 29.8 Å². The van der Waals surface area contributed by atoms with Crippen LogP contribution < -0.4 is 15.8 Å². The van der Waals surface area contributed by atoms with Crippen molar-refractivity contribution in [1.82, 2.24) is 9.78 Å². The molecular formula is C20H22N4O3. The average Bonchev–Trinajstić information content (AvgIpc) is 3.17. The lowest BCUT2D eigenvalue weighted by atomic mass is 10.0. The Balaban J connectivity index is 1.88. The Hall–Kier alpha value is -3.35. The summed E-state index contributed by atoms with van der Waals surface area (Å²) in [5.74, 6) is 0.186. The summed E-state index contributed by atoms with van der Waals surface area (Å²) in [6, 6.07) is 13.9. The van der Waals surface area contributed by atoms with Crippen LogP contribution in [0.15, 0.2) is 64.0 Å². The smallest absolute Gasteiger partial charge is 0.267 e. The molecule has 7 nitrogen and oxygen atoms in total. The molecule has 140 valence electrons. The van der Waals surface area contributed by atoms with Crippen molar-refractivity contribution in [3.8, 4) is 11.5 Å². The largest absolute Gasteiger partial charge is 0.463 e. The second kappa shape index (κ2) is 7.11. The predicted octanol–water partition coefficient (Wildman–Crippen LogP) is 2.94. The van der Waals surface area contributed by atoms with E-state index in [1.54, 1.807) is 32.0 Å². The van der Waals surface area contributed by atoms with Gasteiger partial charge in [0.2, 0.25) is 0 Å². The van der Waals surface area contributed by atoms with Gasteiger partial charge in [-0.1, -0.05) is 0 Å². The zero-order valence-electron chi connectivity index (χ0n) is 15.8. The number of carbonyl (C=O) groups excluding carboxylic acids is 1. The van der Waals surface area contributed by atoms with Crippen LogP contribution in [0.5, 0.6) is 0 Å². The minimum Gasteiger partial charge on any atom is -0.463 e. The fourth-order valence-electron chi connectivity index (χ4n) is 2.59. The second-order valence-corrected chi connectivity index (χ2v) is 6.90. The lowest BCUT2D eigenvalue weighted by Gasteiger charge is -2.25. The number of amides is 1. The normalized spacial score (nSPS) is 11.3. The molecule has 0 saturated heterocycles. The van der Waals surface area contributed by atoms with E-state index in [0.29, 0.717) is 17.1 Å². The molecule has 2 aromatic heterocycles. The van der Waals surface area contributed by atoms with Gasteiger partial charge >= 0.3 is 0 Å². The molecule has 0 atom stereocenters. The molecule has 3 aromatic rings. The number of hydrogen-bond acceptors (Lipinski definition) is 5. The van der Waals surface area contributed by atoms with Crippen molar-refractivity contribution in [2.75, 3.05) is 24.3 Å². The maximum Gasteiger partial charge on any atom is 0.267 e. The highest BCUT2D eigenvalue weighted by Gasteiger charge is 2.32. The molecule has 0 fully saturated rings. The molecule has 0 spiro atoms. The zero-order chi connectivity index (χ0) is 19.6. The van der Waals surface area contributed by atoms with E-state index in [1.165, 1.54) is 17.0 Å². The molecular weight excluding hydrogens is 344 g/mol. The SMILES string of the molecule is CN(C)c1ccc(NC(=O)C(C)(C)n2nc(-c3ccco3)ccc2=O)cc1. The van der Waals surface area contributed by atoms with Gasteiger partial charge in [0.25, 0.3) is 11.5 Å². The van der Waals surface area contributed by atoms with E-state index in [0.717, 1.165) is 5.69 Å². The van der Waals surface area contributed by atoms with Crippen LogP contribution in [0.25, 0.3) is 11.5 Å². The predicted molar refractivity (Wildman–Crippen MR) is 105 cm³/mol. The quantitative estimate of drug-likeness (QED) is 0.751. The number of nitrogens with one attached hydrogen (secondary N) is 1. The maximum absolute atomic E-state index is 12.9. The molecule has 7 heteroatoms. The van der Waals surface area contributed by atoms with Crippen molar-refractivity contribution in [3.63, 3.8) is 0 Å². The number of anilines is 2. The highest BCUT2D eigenvalue weighted by molar-refractivity contribution is 5.96. The minimum absolute atomic E-state index is 0.341. The number of furan rings is 1. The van der Waals surface area contributed by atoms with Crippen molar-refractivity contribution >= 4 is 17.3 Å². The third kappa shape index (κ3) is 3.76. The van der Waals surface area contributed by atoms with Crippen LogP contribution in [0.4, 0.5) is 11.4 Å². The van der Waals surface area contributed by atoms with Gasteiger partial charge in [0, 0.05) is 31.5 Å². The summed E-state index contributed by atoms with van der Waals surface area (Å²) in [6.07, 6.45) is 1.53. The molecule has 1 amide bonds. The van der Waals surface area contributed by atoms with Crippen LogP contribution in [0.1, 0.15) is 13.8 Å². The number of nitrogens with zero attached hydrogens (tertiary/aromatic N) is 3. The van der Waals surface area contributed by atoms with E-state index in [4.69, 9.17) is 4.42 Å². The fraction of sp³-hybridized carbons (Fsp3) is 0.250. The van der Waals surface area contributed by atoms with Crippen LogP contribution in [0.2, 0.25) is 0 Å². The summed E-state index contributed by atoms with van der Waals surface area (Å²) in [5, 5.41) is 7.18. The Bertz CT molecular complexity index is 987. The van der Waals surface area contributed by atoms with Crippen molar-refractivity contribution in [1.29, 1.82) is 0 Å². The first-order valence-electron chi connectivity index (χ1n) is 8.52. The molecule has 0 bridgehead atoms. The van der Waals surface area contributed by atoms with Crippen LogP contribution in [0, 0.1) is 0 Å². The Morgan fingerprint density at radius 3 is 2.41 bits per heavy atom. The molecule has 1 N–H and O–H groups in total. The molecule has 0 aliphatic rings. The van der Waals surface area contributed by atoms with Crippen LogP contribution in [0.3, 0.4) is 0 Å². The number of rotatable bonds is 5. The average molecular weight is 366 g/mol. The van der Waals surface area contributed by atoms with Crippen molar-refractivity contribution < 1.29 is 9.21 Å². The highest BCUT2D eigenvalue weighted by Crippen LogP contribution is 2.21. The van der Waals surface area contributed by atoms with Gasteiger partial charge in [-0.15, -0.1) is 0 Å². The zero-order valence-corrected chi connectivity index (χ0v) is 15.8. The van der Waals surface area contributed by atoms with E-state index in [-0.39, 0.29) is 11.5 Å². The molecule has 27 heavy (non-hydrogen) atoms.